The van der Waals surface area contributed by atoms with Crippen molar-refractivity contribution in [3.05, 3.63) is 53.2 Å². The van der Waals surface area contributed by atoms with Gasteiger partial charge >= 0.3 is 6.01 Å². The van der Waals surface area contributed by atoms with Crippen LogP contribution in [0.2, 0.25) is 0 Å². The fourth-order valence-corrected chi connectivity index (χ4v) is 6.89. The molecular weight excluding hydrogens is 562 g/mol. The summed E-state index contributed by atoms with van der Waals surface area (Å²) < 4.78 is 44.0. The number of aryl methyl sites for hydroxylation is 1. The third kappa shape index (κ3) is 5.23. The molecule has 1 N–H and O–H groups in total. The van der Waals surface area contributed by atoms with Crippen LogP contribution in [0.1, 0.15) is 37.9 Å². The molecule has 0 saturated carbocycles. The van der Waals surface area contributed by atoms with Crippen molar-refractivity contribution in [1.82, 2.24) is 25.2 Å². The molecule has 0 unspecified atom stereocenters. The summed E-state index contributed by atoms with van der Waals surface area (Å²) in [5.41, 5.74) is 1.57. The molecule has 2 aromatic carbocycles. The zero-order chi connectivity index (χ0) is 30.4. The minimum Gasteiger partial charge on any atom is -0.461 e. The van der Waals surface area contributed by atoms with Crippen LogP contribution in [0.15, 0.2) is 30.3 Å². The molecular formula is C34H36F2N6O2. The average Bonchev–Trinajstić information content (AvgIpc) is 3.37. The first-order chi connectivity index (χ1) is 21.4. The molecule has 3 aliphatic heterocycles. The van der Waals surface area contributed by atoms with Crippen molar-refractivity contribution in [2.45, 2.75) is 51.3 Å². The highest BCUT2D eigenvalue weighted by Gasteiger charge is 2.35. The molecule has 2 bridgehead atoms. The zero-order valence-electron chi connectivity index (χ0n) is 25.3. The minimum absolute atomic E-state index is 0.0781. The van der Waals surface area contributed by atoms with E-state index in [9.17, 15) is 0 Å². The van der Waals surface area contributed by atoms with Gasteiger partial charge in [-0.1, -0.05) is 37.1 Å². The Hall–Kier alpha value is -3.91. The second kappa shape index (κ2) is 11.9. The summed E-state index contributed by atoms with van der Waals surface area (Å²) >= 11 is 0. The number of halogens is 2. The van der Waals surface area contributed by atoms with Gasteiger partial charge in [-0.2, -0.15) is 9.97 Å². The van der Waals surface area contributed by atoms with E-state index in [1.165, 1.54) is 6.07 Å². The summed E-state index contributed by atoms with van der Waals surface area (Å²) in [5.74, 6) is 5.70. The molecule has 3 fully saturated rings. The topological polar surface area (TPSA) is 75.6 Å². The Morgan fingerprint density at radius 1 is 1.05 bits per heavy atom. The van der Waals surface area contributed by atoms with Gasteiger partial charge in [0.05, 0.1) is 12.0 Å². The number of hydrogen-bond acceptors (Lipinski definition) is 8. The van der Waals surface area contributed by atoms with Crippen molar-refractivity contribution in [2.24, 2.45) is 0 Å². The molecule has 228 valence electrons. The summed E-state index contributed by atoms with van der Waals surface area (Å²) in [6.45, 7) is 7.51. The number of benzene rings is 2. The molecule has 10 heteroatoms. The highest BCUT2D eigenvalue weighted by Crippen LogP contribution is 2.39. The lowest BCUT2D eigenvalue weighted by molar-refractivity contribution is -0.0416. The van der Waals surface area contributed by atoms with E-state index in [1.807, 2.05) is 26.1 Å². The number of rotatable bonds is 6. The molecule has 0 radical (unpaired) electrons. The van der Waals surface area contributed by atoms with Gasteiger partial charge in [0.2, 0.25) is 0 Å². The molecule has 44 heavy (non-hydrogen) atoms. The maximum atomic E-state index is 17.0. The van der Waals surface area contributed by atoms with Crippen molar-refractivity contribution < 1.29 is 18.3 Å². The third-order valence-electron chi connectivity index (χ3n) is 8.95. The van der Waals surface area contributed by atoms with Crippen LogP contribution in [0.4, 0.5) is 14.6 Å². The van der Waals surface area contributed by atoms with Gasteiger partial charge in [-0.3, -0.25) is 0 Å². The molecule has 8 nitrogen and oxygen atoms in total. The fraction of sp³-hybridized carbons (Fsp3) is 0.441. The van der Waals surface area contributed by atoms with Crippen molar-refractivity contribution >= 4 is 27.5 Å². The maximum absolute atomic E-state index is 17.0. The minimum atomic E-state index is -0.610. The van der Waals surface area contributed by atoms with Crippen LogP contribution < -0.4 is 15.0 Å². The van der Waals surface area contributed by atoms with Crippen molar-refractivity contribution in [3.63, 3.8) is 0 Å². The van der Waals surface area contributed by atoms with E-state index in [0.717, 1.165) is 44.4 Å². The Morgan fingerprint density at radius 3 is 2.61 bits per heavy atom. The van der Waals surface area contributed by atoms with Crippen molar-refractivity contribution in [1.29, 1.82) is 0 Å². The van der Waals surface area contributed by atoms with Gasteiger partial charge in [-0.15, -0.1) is 0 Å². The number of nitrogens with one attached hydrogen (secondary N) is 1. The standard InChI is InChI=1S/C34H36F2N6O2/c1-4-7-27-29-32(30(36)31(38-27)25-9-6-8-20-10-13-26(35)24(5-2)28(20)25)39-34(44-19-23-18-41(3)14-15-43-23)40-33(29)42-16-21-11-12-22(17-42)37-21/h6,8-10,13,21-23,37H,5,11-12,14-19H2,1-3H3/t21-,22+,23-/m0/s1. The van der Waals surface area contributed by atoms with Crippen LogP contribution in [0.3, 0.4) is 0 Å². The van der Waals surface area contributed by atoms with E-state index in [0.29, 0.717) is 58.5 Å². The molecule has 0 spiro atoms. The first kappa shape index (κ1) is 28.8. The smallest absolute Gasteiger partial charge is 0.319 e. The second-order valence-electron chi connectivity index (χ2n) is 11.9. The van der Waals surface area contributed by atoms with Crippen LogP contribution in [0.5, 0.6) is 6.01 Å². The Labute approximate surface area is 255 Å². The normalized spacial score (nSPS) is 21.9. The molecule has 0 aliphatic carbocycles. The highest BCUT2D eigenvalue weighted by molar-refractivity contribution is 6.02. The Bertz CT molecular complexity index is 1790. The number of likely N-dealkylation sites (N-methyl/N-ethyl adjacent to an activating group) is 1. The summed E-state index contributed by atoms with van der Waals surface area (Å²) in [5, 5.41) is 5.57. The van der Waals surface area contributed by atoms with E-state index in [4.69, 9.17) is 19.4 Å². The van der Waals surface area contributed by atoms with E-state index < -0.39 is 5.82 Å². The van der Waals surface area contributed by atoms with Gasteiger partial charge in [-0.05, 0) is 61.6 Å². The zero-order valence-corrected chi connectivity index (χ0v) is 25.3. The molecule has 5 heterocycles. The van der Waals surface area contributed by atoms with E-state index in [-0.39, 0.29) is 35.7 Å². The molecule has 3 saturated heterocycles. The van der Waals surface area contributed by atoms with Gasteiger partial charge in [0.15, 0.2) is 5.82 Å². The maximum Gasteiger partial charge on any atom is 0.319 e. The predicted octanol–water partition coefficient (Wildman–Crippen LogP) is 4.71. The Balaban J connectivity index is 1.43. The fourth-order valence-electron chi connectivity index (χ4n) is 6.89. The number of fused-ring (bicyclic) bond motifs is 4. The number of anilines is 1. The number of ether oxygens (including phenoxy) is 2. The van der Waals surface area contributed by atoms with Crippen LogP contribution >= 0.6 is 0 Å². The number of aromatic nitrogens is 3. The van der Waals surface area contributed by atoms with E-state index in [1.54, 1.807) is 19.1 Å². The predicted molar refractivity (Wildman–Crippen MR) is 167 cm³/mol. The summed E-state index contributed by atoms with van der Waals surface area (Å²) in [4.78, 5) is 18.7. The number of nitrogens with zero attached hydrogens (tertiary/aromatic N) is 5. The van der Waals surface area contributed by atoms with Gasteiger partial charge in [0.1, 0.15) is 41.3 Å². The average molecular weight is 599 g/mol. The number of hydrogen-bond donors (Lipinski definition) is 1. The second-order valence-corrected chi connectivity index (χ2v) is 11.9. The monoisotopic (exact) mass is 598 g/mol. The lowest BCUT2D eigenvalue weighted by Crippen LogP contribution is -2.51. The number of pyridine rings is 1. The lowest BCUT2D eigenvalue weighted by Gasteiger charge is -2.34. The molecule has 2 aromatic heterocycles. The SMILES string of the molecule is CC#Cc1nc(-c2cccc3ccc(F)c(CC)c23)c(F)c2nc(OC[C@@H]3CN(C)CCO3)nc(N3C[C@H]4CC[C@@H](C3)N4)c12. The Kier molecular flexibility index (Phi) is 7.79. The Morgan fingerprint density at radius 2 is 1.86 bits per heavy atom. The number of piperazine rings is 1. The van der Waals surface area contributed by atoms with Crippen LogP contribution in [0.25, 0.3) is 32.9 Å². The van der Waals surface area contributed by atoms with Crippen LogP contribution in [-0.4, -0.2) is 84.5 Å². The lowest BCUT2D eigenvalue weighted by atomic mass is 9.94. The molecule has 7 rings (SSSR count). The molecule has 4 aromatic rings. The van der Waals surface area contributed by atoms with Crippen molar-refractivity contribution in [3.8, 4) is 29.1 Å². The van der Waals surface area contributed by atoms with Gasteiger partial charge < -0.3 is 24.6 Å². The summed E-state index contributed by atoms with van der Waals surface area (Å²) in [7, 11) is 2.04. The number of morpholine rings is 1. The van der Waals surface area contributed by atoms with E-state index >= 15 is 8.78 Å². The highest BCUT2D eigenvalue weighted by atomic mass is 19.1. The summed E-state index contributed by atoms with van der Waals surface area (Å²) in [6, 6.07) is 9.43. The molecule has 3 aliphatic rings. The molecule has 0 amide bonds. The van der Waals surface area contributed by atoms with Gasteiger partial charge in [0, 0.05) is 43.8 Å². The largest absolute Gasteiger partial charge is 0.461 e. The first-order valence-corrected chi connectivity index (χ1v) is 15.4. The first-order valence-electron chi connectivity index (χ1n) is 15.4. The van der Waals surface area contributed by atoms with E-state index in [2.05, 4.69) is 31.9 Å². The van der Waals surface area contributed by atoms with Gasteiger partial charge in [-0.25, -0.2) is 13.8 Å². The van der Waals surface area contributed by atoms with Crippen molar-refractivity contribution in [2.75, 3.05) is 51.3 Å². The van der Waals surface area contributed by atoms with Gasteiger partial charge in [0.25, 0.3) is 0 Å². The molecule has 3 atom stereocenters. The summed E-state index contributed by atoms with van der Waals surface area (Å²) in [6.07, 6.45) is 2.46. The van der Waals surface area contributed by atoms with Crippen LogP contribution in [-0.2, 0) is 11.2 Å². The quantitative estimate of drug-likeness (QED) is 0.320. The third-order valence-corrected chi connectivity index (χ3v) is 8.95. The van der Waals surface area contributed by atoms with Crippen LogP contribution in [0, 0.1) is 23.5 Å².